The molecule has 1 aliphatic heterocycles. The number of benzene rings is 1. The van der Waals surface area contributed by atoms with E-state index in [1.54, 1.807) is 7.11 Å². The first kappa shape index (κ1) is 15.3. The smallest absolute Gasteiger partial charge is 0.123 e. The fraction of sp³-hybridized carbons (Fsp3) is 0.647. The molecule has 1 aromatic carbocycles. The van der Waals surface area contributed by atoms with Crippen molar-refractivity contribution in [2.45, 2.75) is 38.6 Å². The van der Waals surface area contributed by atoms with Crippen LogP contribution in [0, 0.1) is 0 Å². The van der Waals surface area contributed by atoms with E-state index in [9.17, 15) is 0 Å². The van der Waals surface area contributed by atoms with E-state index in [-0.39, 0.29) is 0 Å². The maximum atomic E-state index is 5.59. The molecule has 112 valence electrons. The molecule has 0 amide bonds. The zero-order valence-corrected chi connectivity index (χ0v) is 12.9. The largest absolute Gasteiger partial charge is 0.496 e. The Labute approximate surface area is 123 Å². The van der Waals surface area contributed by atoms with Gasteiger partial charge in [0.2, 0.25) is 0 Å². The van der Waals surface area contributed by atoms with Crippen LogP contribution in [0.1, 0.15) is 44.2 Å². The average Bonchev–Trinajstić information content (AvgIpc) is 2.77. The lowest BCUT2D eigenvalue weighted by Crippen LogP contribution is -2.32. The quantitative estimate of drug-likeness (QED) is 0.863. The van der Waals surface area contributed by atoms with Crippen LogP contribution in [0.15, 0.2) is 24.3 Å². The second kappa shape index (κ2) is 8.28. The van der Waals surface area contributed by atoms with Gasteiger partial charge in [-0.15, -0.1) is 0 Å². The summed E-state index contributed by atoms with van der Waals surface area (Å²) >= 11 is 0. The summed E-state index contributed by atoms with van der Waals surface area (Å²) in [6.07, 6.45) is 4.97. The van der Waals surface area contributed by atoms with Gasteiger partial charge in [-0.05, 0) is 25.5 Å². The first-order valence-electron chi connectivity index (χ1n) is 7.94. The van der Waals surface area contributed by atoms with Crippen LogP contribution in [-0.4, -0.2) is 38.2 Å². The van der Waals surface area contributed by atoms with Gasteiger partial charge in [0, 0.05) is 31.2 Å². The highest BCUT2D eigenvalue weighted by molar-refractivity contribution is 5.36. The lowest BCUT2D eigenvalue weighted by molar-refractivity contribution is 0.193. The van der Waals surface area contributed by atoms with Crippen LogP contribution in [0.5, 0.6) is 5.75 Å². The van der Waals surface area contributed by atoms with Crippen molar-refractivity contribution in [3.05, 3.63) is 29.8 Å². The van der Waals surface area contributed by atoms with Crippen molar-refractivity contribution in [2.75, 3.05) is 33.3 Å². The molecule has 1 N–H and O–H groups in total. The summed E-state index contributed by atoms with van der Waals surface area (Å²) in [4.78, 5) is 2.63. The fourth-order valence-electron chi connectivity index (χ4n) is 3.05. The summed E-state index contributed by atoms with van der Waals surface area (Å²) in [5, 5.41) is 3.50. The van der Waals surface area contributed by atoms with Crippen molar-refractivity contribution >= 4 is 0 Å². The summed E-state index contributed by atoms with van der Waals surface area (Å²) in [6, 6.07) is 9.00. The summed E-state index contributed by atoms with van der Waals surface area (Å²) in [7, 11) is 1.78. The van der Waals surface area contributed by atoms with Crippen LogP contribution in [0.25, 0.3) is 0 Å². The maximum Gasteiger partial charge on any atom is 0.123 e. The van der Waals surface area contributed by atoms with Crippen LogP contribution < -0.4 is 10.1 Å². The van der Waals surface area contributed by atoms with Crippen molar-refractivity contribution in [1.29, 1.82) is 0 Å². The predicted octanol–water partition coefficient (Wildman–Crippen LogP) is 3.22. The highest BCUT2D eigenvalue weighted by atomic mass is 16.5. The molecular formula is C17H28N2O. The Morgan fingerprint density at radius 2 is 2.10 bits per heavy atom. The van der Waals surface area contributed by atoms with Crippen molar-refractivity contribution in [3.63, 3.8) is 0 Å². The molecule has 0 spiro atoms. The van der Waals surface area contributed by atoms with Crippen molar-refractivity contribution < 1.29 is 4.74 Å². The van der Waals surface area contributed by atoms with E-state index in [0.29, 0.717) is 6.04 Å². The molecule has 1 aliphatic rings. The Morgan fingerprint density at radius 3 is 2.90 bits per heavy atom. The number of methoxy groups -OCH3 is 1. The second-order valence-electron chi connectivity index (χ2n) is 5.54. The Kier molecular flexibility index (Phi) is 6.34. The van der Waals surface area contributed by atoms with Crippen LogP contribution in [0.2, 0.25) is 0 Å². The summed E-state index contributed by atoms with van der Waals surface area (Å²) in [5.41, 5.74) is 1.35. The number of nitrogens with zero attached hydrogens (tertiary/aromatic N) is 1. The van der Waals surface area contributed by atoms with E-state index >= 15 is 0 Å². The molecule has 1 heterocycles. The van der Waals surface area contributed by atoms with Gasteiger partial charge in [0.25, 0.3) is 0 Å². The molecule has 3 heteroatoms. The van der Waals surface area contributed by atoms with E-state index in [0.717, 1.165) is 25.4 Å². The topological polar surface area (TPSA) is 24.5 Å². The summed E-state index contributed by atoms with van der Waals surface area (Å²) in [5.74, 6) is 1.03. The number of unbranched alkanes of at least 4 members (excludes halogenated alkanes) is 1. The molecule has 0 bridgehead atoms. The molecule has 1 unspecified atom stereocenters. The molecule has 3 nitrogen and oxygen atoms in total. The molecule has 1 saturated heterocycles. The Balaban J connectivity index is 2.20. The standard InChI is InChI=1S/C17H28N2O/c1-3-4-9-16(19-13-7-11-18-12-14-19)15-8-5-6-10-17(15)20-2/h5-6,8,10,16,18H,3-4,7,9,11-14H2,1-2H3. The van der Waals surface area contributed by atoms with E-state index < -0.39 is 0 Å². The van der Waals surface area contributed by atoms with Gasteiger partial charge in [0.1, 0.15) is 5.75 Å². The van der Waals surface area contributed by atoms with E-state index in [4.69, 9.17) is 4.74 Å². The average molecular weight is 276 g/mol. The highest BCUT2D eigenvalue weighted by Crippen LogP contribution is 2.33. The minimum atomic E-state index is 0.492. The van der Waals surface area contributed by atoms with Gasteiger partial charge < -0.3 is 10.1 Å². The lowest BCUT2D eigenvalue weighted by atomic mass is 9.98. The molecule has 0 aromatic heterocycles. The van der Waals surface area contributed by atoms with Crippen LogP contribution >= 0.6 is 0 Å². The third kappa shape index (κ3) is 3.97. The minimum Gasteiger partial charge on any atom is -0.496 e. The van der Waals surface area contributed by atoms with E-state index in [1.807, 2.05) is 0 Å². The lowest BCUT2D eigenvalue weighted by Gasteiger charge is -2.31. The Morgan fingerprint density at radius 1 is 1.25 bits per heavy atom. The normalized spacial score (nSPS) is 18.5. The molecule has 1 atom stereocenters. The van der Waals surface area contributed by atoms with Crippen LogP contribution in [-0.2, 0) is 0 Å². The third-order valence-corrected chi connectivity index (χ3v) is 4.14. The molecule has 2 rings (SSSR count). The number of ether oxygens (including phenoxy) is 1. The summed E-state index contributed by atoms with van der Waals surface area (Å²) in [6.45, 7) is 6.82. The van der Waals surface area contributed by atoms with Crippen molar-refractivity contribution in [2.24, 2.45) is 0 Å². The number of hydrogen-bond acceptors (Lipinski definition) is 3. The minimum absolute atomic E-state index is 0.492. The zero-order valence-electron chi connectivity index (χ0n) is 12.9. The molecule has 0 aliphatic carbocycles. The number of nitrogens with one attached hydrogen (secondary N) is 1. The maximum absolute atomic E-state index is 5.59. The molecule has 20 heavy (non-hydrogen) atoms. The SMILES string of the molecule is CCCCC(c1ccccc1OC)N1CCCNCC1. The van der Waals surface area contributed by atoms with Gasteiger partial charge in [0.05, 0.1) is 7.11 Å². The van der Waals surface area contributed by atoms with E-state index in [1.165, 1.54) is 37.8 Å². The van der Waals surface area contributed by atoms with E-state index in [2.05, 4.69) is 41.4 Å². The molecular weight excluding hydrogens is 248 g/mol. The second-order valence-corrected chi connectivity index (χ2v) is 5.54. The van der Waals surface area contributed by atoms with Gasteiger partial charge >= 0.3 is 0 Å². The monoisotopic (exact) mass is 276 g/mol. The molecule has 0 saturated carbocycles. The van der Waals surface area contributed by atoms with Crippen molar-refractivity contribution in [3.8, 4) is 5.75 Å². The van der Waals surface area contributed by atoms with Crippen LogP contribution in [0.3, 0.4) is 0 Å². The number of rotatable bonds is 6. The summed E-state index contributed by atoms with van der Waals surface area (Å²) < 4.78 is 5.59. The first-order chi connectivity index (χ1) is 9.86. The van der Waals surface area contributed by atoms with Crippen LogP contribution in [0.4, 0.5) is 0 Å². The number of para-hydroxylation sites is 1. The van der Waals surface area contributed by atoms with Gasteiger partial charge in [-0.25, -0.2) is 0 Å². The van der Waals surface area contributed by atoms with Gasteiger partial charge in [-0.1, -0.05) is 38.0 Å². The third-order valence-electron chi connectivity index (χ3n) is 4.14. The molecule has 0 radical (unpaired) electrons. The van der Waals surface area contributed by atoms with Gasteiger partial charge in [-0.3, -0.25) is 4.90 Å². The first-order valence-corrected chi connectivity index (χ1v) is 7.94. The molecule has 1 aromatic rings. The van der Waals surface area contributed by atoms with Crippen molar-refractivity contribution in [1.82, 2.24) is 10.2 Å². The fourth-order valence-corrected chi connectivity index (χ4v) is 3.05. The Hall–Kier alpha value is -1.06. The van der Waals surface area contributed by atoms with Gasteiger partial charge in [-0.2, -0.15) is 0 Å². The highest BCUT2D eigenvalue weighted by Gasteiger charge is 2.23. The predicted molar refractivity (Wildman–Crippen MR) is 84.3 cm³/mol. The Bertz CT molecular complexity index is 386. The molecule has 1 fully saturated rings. The zero-order chi connectivity index (χ0) is 14.2. The van der Waals surface area contributed by atoms with Gasteiger partial charge in [0.15, 0.2) is 0 Å². The number of hydrogen-bond donors (Lipinski definition) is 1.